The Balaban J connectivity index is 1.85. The zero-order chi connectivity index (χ0) is 17.2. The smallest absolute Gasteiger partial charge is 0.166 e. The summed E-state index contributed by atoms with van der Waals surface area (Å²) in [5, 5.41) is 10.1. The summed E-state index contributed by atoms with van der Waals surface area (Å²) < 4.78 is 5.66. The summed E-state index contributed by atoms with van der Waals surface area (Å²) >= 11 is 0. The van der Waals surface area contributed by atoms with Crippen LogP contribution in [0.2, 0.25) is 0 Å². The van der Waals surface area contributed by atoms with E-state index in [9.17, 15) is 9.90 Å². The van der Waals surface area contributed by atoms with Gasteiger partial charge in [0.1, 0.15) is 18.1 Å². The van der Waals surface area contributed by atoms with Gasteiger partial charge in [0.2, 0.25) is 0 Å². The fourth-order valence-electron chi connectivity index (χ4n) is 2.60. The molecule has 0 bridgehead atoms. The maximum absolute atomic E-state index is 12.2. The maximum Gasteiger partial charge on any atom is 0.166 e. The van der Waals surface area contributed by atoms with Crippen LogP contribution in [0.5, 0.6) is 11.5 Å². The standard InChI is InChI=1S/C21H26O3/c1-2-3-4-5-9-12-20(22)19-14-13-18(15-21(19)23)24-16-17-10-7-6-8-11-17/h6-8,10-11,13-15,23H,2-5,9,12,16H2,1H3. The van der Waals surface area contributed by atoms with Gasteiger partial charge in [-0.3, -0.25) is 4.79 Å². The lowest BCUT2D eigenvalue weighted by atomic mass is 10.0. The number of unbranched alkanes of at least 4 members (excludes halogenated alkanes) is 4. The van der Waals surface area contributed by atoms with Crippen LogP contribution >= 0.6 is 0 Å². The third kappa shape index (κ3) is 5.73. The topological polar surface area (TPSA) is 46.5 Å². The fourth-order valence-corrected chi connectivity index (χ4v) is 2.60. The van der Waals surface area contributed by atoms with Crippen molar-refractivity contribution in [2.75, 3.05) is 0 Å². The minimum atomic E-state index is -0.00129. The van der Waals surface area contributed by atoms with Crippen LogP contribution in [-0.2, 0) is 6.61 Å². The molecule has 0 atom stereocenters. The van der Waals surface area contributed by atoms with E-state index in [1.54, 1.807) is 12.1 Å². The first-order valence-electron chi connectivity index (χ1n) is 8.73. The van der Waals surface area contributed by atoms with E-state index in [0.717, 1.165) is 18.4 Å². The van der Waals surface area contributed by atoms with E-state index in [-0.39, 0.29) is 11.5 Å². The third-order valence-electron chi connectivity index (χ3n) is 4.03. The number of hydrogen-bond donors (Lipinski definition) is 1. The number of carbonyl (C=O) groups excluding carboxylic acids is 1. The minimum Gasteiger partial charge on any atom is -0.507 e. The lowest BCUT2D eigenvalue weighted by molar-refractivity contribution is 0.0976. The van der Waals surface area contributed by atoms with Crippen molar-refractivity contribution in [1.82, 2.24) is 0 Å². The van der Waals surface area contributed by atoms with Gasteiger partial charge in [-0.25, -0.2) is 0 Å². The summed E-state index contributed by atoms with van der Waals surface area (Å²) in [5.74, 6) is 0.563. The number of phenols is 1. The summed E-state index contributed by atoms with van der Waals surface area (Å²) in [5.41, 5.74) is 1.45. The van der Waals surface area contributed by atoms with Crippen LogP contribution in [0.25, 0.3) is 0 Å². The largest absolute Gasteiger partial charge is 0.507 e. The molecule has 128 valence electrons. The van der Waals surface area contributed by atoms with Gasteiger partial charge in [0.05, 0.1) is 5.56 Å². The first-order valence-corrected chi connectivity index (χ1v) is 8.73. The molecule has 0 aliphatic carbocycles. The first kappa shape index (κ1) is 18.1. The number of benzene rings is 2. The normalized spacial score (nSPS) is 10.5. The van der Waals surface area contributed by atoms with E-state index in [1.807, 2.05) is 30.3 Å². The van der Waals surface area contributed by atoms with E-state index < -0.39 is 0 Å². The number of ether oxygens (including phenoxy) is 1. The molecule has 0 saturated heterocycles. The molecule has 1 N–H and O–H groups in total. The first-order chi connectivity index (χ1) is 11.7. The quantitative estimate of drug-likeness (QED) is 0.462. The second kappa shape index (κ2) is 9.76. The molecule has 0 unspecified atom stereocenters. The van der Waals surface area contributed by atoms with Gasteiger partial charge in [-0.1, -0.05) is 62.9 Å². The van der Waals surface area contributed by atoms with Crippen molar-refractivity contribution < 1.29 is 14.6 Å². The molecule has 0 radical (unpaired) electrons. The summed E-state index contributed by atoms with van der Waals surface area (Å²) in [4.78, 5) is 12.2. The van der Waals surface area contributed by atoms with Crippen molar-refractivity contribution in [2.24, 2.45) is 0 Å². The Morgan fingerprint density at radius 3 is 2.46 bits per heavy atom. The highest BCUT2D eigenvalue weighted by molar-refractivity contribution is 5.98. The number of rotatable bonds is 10. The number of phenolic OH excluding ortho intramolecular Hbond substituents is 1. The average molecular weight is 326 g/mol. The van der Waals surface area contributed by atoms with Gasteiger partial charge in [0.25, 0.3) is 0 Å². The highest BCUT2D eigenvalue weighted by Crippen LogP contribution is 2.26. The Morgan fingerprint density at radius 2 is 1.75 bits per heavy atom. The third-order valence-corrected chi connectivity index (χ3v) is 4.03. The SMILES string of the molecule is CCCCCCCC(=O)c1ccc(OCc2ccccc2)cc1O. The Kier molecular flexibility index (Phi) is 7.34. The van der Waals surface area contributed by atoms with E-state index in [4.69, 9.17) is 4.74 Å². The molecule has 0 aliphatic rings. The molecule has 0 fully saturated rings. The second-order valence-corrected chi connectivity index (χ2v) is 6.04. The van der Waals surface area contributed by atoms with E-state index in [1.165, 1.54) is 25.3 Å². The number of ketones is 1. The van der Waals surface area contributed by atoms with E-state index in [0.29, 0.717) is 24.3 Å². The molecule has 2 aromatic carbocycles. The highest BCUT2D eigenvalue weighted by Gasteiger charge is 2.12. The van der Waals surface area contributed by atoms with Crippen LogP contribution in [0.15, 0.2) is 48.5 Å². The number of aromatic hydroxyl groups is 1. The molecular weight excluding hydrogens is 300 g/mol. The molecule has 3 heteroatoms. The van der Waals surface area contributed by atoms with Gasteiger partial charge >= 0.3 is 0 Å². The molecule has 24 heavy (non-hydrogen) atoms. The lowest BCUT2D eigenvalue weighted by Crippen LogP contribution is -2.01. The van der Waals surface area contributed by atoms with E-state index in [2.05, 4.69) is 6.92 Å². The molecular formula is C21H26O3. The van der Waals surface area contributed by atoms with Gasteiger partial charge in [-0.2, -0.15) is 0 Å². The predicted molar refractivity (Wildman–Crippen MR) is 96.6 cm³/mol. The van der Waals surface area contributed by atoms with Crippen LogP contribution < -0.4 is 4.74 Å². The Hall–Kier alpha value is -2.29. The fraction of sp³-hybridized carbons (Fsp3) is 0.381. The Bertz CT molecular complexity index is 635. The molecule has 0 saturated carbocycles. The van der Waals surface area contributed by atoms with Crippen molar-refractivity contribution in [3.8, 4) is 11.5 Å². The number of hydrogen-bond acceptors (Lipinski definition) is 3. The van der Waals surface area contributed by atoms with Crippen LogP contribution in [0.1, 0.15) is 61.4 Å². The van der Waals surface area contributed by atoms with Gasteiger partial charge in [-0.15, -0.1) is 0 Å². The molecule has 0 aromatic heterocycles. The van der Waals surface area contributed by atoms with Crippen molar-refractivity contribution in [3.63, 3.8) is 0 Å². The minimum absolute atomic E-state index is 0.000815. The lowest BCUT2D eigenvalue weighted by Gasteiger charge is -2.09. The van der Waals surface area contributed by atoms with E-state index >= 15 is 0 Å². The Morgan fingerprint density at radius 1 is 1.00 bits per heavy atom. The maximum atomic E-state index is 12.2. The van der Waals surface area contributed by atoms with Crippen molar-refractivity contribution in [2.45, 2.75) is 52.1 Å². The molecule has 2 aromatic rings. The van der Waals surface area contributed by atoms with Crippen LogP contribution in [0.3, 0.4) is 0 Å². The zero-order valence-electron chi connectivity index (χ0n) is 14.3. The number of Topliss-reactive ketones (excluding diaryl/α,β-unsaturated/α-hetero) is 1. The molecule has 2 rings (SSSR count). The van der Waals surface area contributed by atoms with Crippen LogP contribution in [0, 0.1) is 0 Å². The second-order valence-electron chi connectivity index (χ2n) is 6.04. The molecule has 0 amide bonds. The molecule has 0 heterocycles. The molecule has 3 nitrogen and oxygen atoms in total. The van der Waals surface area contributed by atoms with Crippen molar-refractivity contribution >= 4 is 5.78 Å². The Labute approximate surface area is 144 Å². The average Bonchev–Trinajstić information content (AvgIpc) is 2.60. The highest BCUT2D eigenvalue weighted by atomic mass is 16.5. The van der Waals surface area contributed by atoms with Crippen molar-refractivity contribution in [1.29, 1.82) is 0 Å². The van der Waals surface area contributed by atoms with Crippen molar-refractivity contribution in [3.05, 3.63) is 59.7 Å². The summed E-state index contributed by atoms with van der Waals surface area (Å²) in [7, 11) is 0. The van der Waals surface area contributed by atoms with Crippen LogP contribution in [-0.4, -0.2) is 10.9 Å². The summed E-state index contributed by atoms with van der Waals surface area (Å²) in [6.45, 7) is 2.61. The van der Waals surface area contributed by atoms with Crippen LogP contribution in [0.4, 0.5) is 0 Å². The number of carbonyl (C=O) groups is 1. The van der Waals surface area contributed by atoms with Gasteiger partial charge in [-0.05, 0) is 24.1 Å². The monoisotopic (exact) mass is 326 g/mol. The van der Waals surface area contributed by atoms with Gasteiger partial charge in [0, 0.05) is 12.5 Å². The van der Waals surface area contributed by atoms with Gasteiger partial charge < -0.3 is 9.84 Å². The zero-order valence-corrected chi connectivity index (χ0v) is 14.3. The molecule has 0 spiro atoms. The summed E-state index contributed by atoms with van der Waals surface area (Å²) in [6.07, 6.45) is 6.01. The van der Waals surface area contributed by atoms with Gasteiger partial charge in [0.15, 0.2) is 5.78 Å². The summed E-state index contributed by atoms with van der Waals surface area (Å²) in [6, 6.07) is 14.8. The predicted octanol–water partition coefficient (Wildman–Crippen LogP) is 5.51. The molecule has 0 aliphatic heterocycles.